The highest BCUT2D eigenvalue weighted by atomic mass is 19.1. The Hall–Kier alpha value is -3.39. The summed E-state index contributed by atoms with van der Waals surface area (Å²) in [5, 5.41) is 8.32. The summed E-state index contributed by atoms with van der Waals surface area (Å²) in [6, 6.07) is 10.3. The first-order valence-corrected chi connectivity index (χ1v) is 13.2. The van der Waals surface area contributed by atoms with Crippen LogP contribution < -0.4 is 14.8 Å². The first kappa shape index (κ1) is 24.0. The SMILES string of the molecule is O=C(/C=C/c1ccc2c(c1)OCO2)NC[C@H]1CCC[C@@H]1CN1CCC(c2noc3cc(F)ccc23)CC1. The second-order valence-corrected chi connectivity index (χ2v) is 10.4. The minimum Gasteiger partial charge on any atom is -0.454 e. The quantitative estimate of drug-likeness (QED) is 0.449. The molecule has 1 saturated carbocycles. The number of nitrogens with zero attached hydrogens (tertiary/aromatic N) is 2. The zero-order chi connectivity index (χ0) is 25.2. The minimum atomic E-state index is -0.298. The number of carbonyl (C=O) groups is 1. The van der Waals surface area contributed by atoms with Gasteiger partial charge in [0.15, 0.2) is 17.1 Å². The molecule has 0 radical (unpaired) electrons. The monoisotopic (exact) mass is 505 g/mol. The van der Waals surface area contributed by atoms with Crippen molar-refractivity contribution in [1.82, 2.24) is 15.4 Å². The lowest BCUT2D eigenvalue weighted by atomic mass is 9.89. The highest BCUT2D eigenvalue weighted by molar-refractivity contribution is 5.91. The lowest BCUT2D eigenvalue weighted by molar-refractivity contribution is -0.116. The Balaban J connectivity index is 0.973. The normalized spacial score (nSPS) is 22.3. The van der Waals surface area contributed by atoms with E-state index < -0.39 is 0 Å². The fourth-order valence-corrected chi connectivity index (χ4v) is 6.05. The van der Waals surface area contributed by atoms with Crippen molar-refractivity contribution in [3.05, 3.63) is 59.5 Å². The molecule has 1 aromatic heterocycles. The molecular formula is C29H32FN3O4. The zero-order valence-electron chi connectivity index (χ0n) is 20.8. The third-order valence-corrected chi connectivity index (χ3v) is 8.11. The highest BCUT2D eigenvalue weighted by Crippen LogP contribution is 2.36. The van der Waals surface area contributed by atoms with Crippen LogP contribution >= 0.6 is 0 Å². The van der Waals surface area contributed by atoms with Crippen LogP contribution in [0, 0.1) is 17.7 Å². The fraction of sp³-hybridized carbons (Fsp3) is 0.448. The van der Waals surface area contributed by atoms with Crippen molar-refractivity contribution in [2.24, 2.45) is 11.8 Å². The van der Waals surface area contributed by atoms with Crippen LogP contribution in [0.15, 0.2) is 47.0 Å². The van der Waals surface area contributed by atoms with Gasteiger partial charge in [0.1, 0.15) is 5.82 Å². The number of rotatable bonds is 7. The van der Waals surface area contributed by atoms with Gasteiger partial charge in [-0.25, -0.2) is 4.39 Å². The van der Waals surface area contributed by atoms with Gasteiger partial charge in [0.25, 0.3) is 0 Å². The van der Waals surface area contributed by atoms with Crippen molar-refractivity contribution in [3.63, 3.8) is 0 Å². The molecule has 1 N–H and O–H groups in total. The number of halogens is 1. The number of nitrogens with one attached hydrogen (secondary N) is 1. The number of hydrogen-bond donors (Lipinski definition) is 1. The Morgan fingerprint density at radius 3 is 2.78 bits per heavy atom. The lowest BCUT2D eigenvalue weighted by Gasteiger charge is -2.34. The molecule has 6 rings (SSSR count). The van der Waals surface area contributed by atoms with Crippen molar-refractivity contribution in [2.75, 3.05) is 33.0 Å². The Kier molecular flexibility index (Phi) is 6.83. The number of aromatic nitrogens is 1. The molecule has 2 aliphatic heterocycles. The number of benzene rings is 2. The first-order valence-electron chi connectivity index (χ1n) is 13.2. The number of likely N-dealkylation sites (tertiary alicyclic amines) is 1. The van der Waals surface area contributed by atoms with Crippen LogP contribution in [-0.4, -0.2) is 48.9 Å². The number of amides is 1. The summed E-state index contributed by atoms with van der Waals surface area (Å²) in [6.07, 6.45) is 9.05. The molecule has 1 amide bonds. The maximum Gasteiger partial charge on any atom is 0.244 e. The molecule has 0 spiro atoms. The van der Waals surface area contributed by atoms with E-state index in [4.69, 9.17) is 14.0 Å². The number of carbonyl (C=O) groups excluding carboxylic acids is 1. The van der Waals surface area contributed by atoms with Gasteiger partial charge in [-0.1, -0.05) is 17.6 Å². The minimum absolute atomic E-state index is 0.0659. The molecule has 2 atom stereocenters. The first-order chi connectivity index (χ1) is 18.1. The van der Waals surface area contributed by atoms with Gasteiger partial charge in [0.05, 0.1) is 5.69 Å². The van der Waals surface area contributed by atoms with Crippen molar-refractivity contribution in [3.8, 4) is 11.5 Å². The molecule has 3 heterocycles. The van der Waals surface area contributed by atoms with Crippen LogP contribution in [0.3, 0.4) is 0 Å². The number of ether oxygens (including phenoxy) is 2. The highest BCUT2D eigenvalue weighted by Gasteiger charge is 2.31. The van der Waals surface area contributed by atoms with E-state index >= 15 is 0 Å². The standard InChI is InChI=1S/C29H32FN3O4/c30-23-6-7-24-26(15-23)37-32-29(24)20-10-12-33(13-11-20)17-22-3-1-2-21(22)16-31-28(34)9-5-19-4-8-25-27(14-19)36-18-35-25/h4-9,14-15,20-22H,1-3,10-13,16-18H2,(H,31,34)/b9-5+/t21-,22-/m1/s1. The summed E-state index contributed by atoms with van der Waals surface area (Å²) in [5.74, 6) is 2.54. The molecule has 2 fully saturated rings. The average Bonchev–Trinajstić information content (AvgIpc) is 3.66. The molecule has 194 valence electrons. The molecule has 1 aliphatic carbocycles. The smallest absolute Gasteiger partial charge is 0.244 e. The number of fused-ring (bicyclic) bond motifs is 2. The van der Waals surface area contributed by atoms with Gasteiger partial charge in [-0.05, 0) is 86.5 Å². The molecule has 1 saturated heterocycles. The molecule has 7 nitrogen and oxygen atoms in total. The number of piperidine rings is 1. The summed E-state index contributed by atoms with van der Waals surface area (Å²) in [5.41, 5.74) is 2.40. The Morgan fingerprint density at radius 2 is 1.89 bits per heavy atom. The Morgan fingerprint density at radius 1 is 1.05 bits per heavy atom. The summed E-state index contributed by atoms with van der Waals surface area (Å²) in [4.78, 5) is 15.0. The zero-order valence-corrected chi connectivity index (χ0v) is 20.8. The fourth-order valence-electron chi connectivity index (χ4n) is 6.05. The average molecular weight is 506 g/mol. The molecule has 3 aromatic rings. The van der Waals surface area contributed by atoms with Gasteiger partial charge in [-0.2, -0.15) is 0 Å². The lowest BCUT2D eigenvalue weighted by Crippen LogP contribution is -2.39. The van der Waals surface area contributed by atoms with E-state index in [1.54, 1.807) is 12.1 Å². The van der Waals surface area contributed by atoms with Gasteiger partial charge in [-0.15, -0.1) is 0 Å². The third kappa shape index (κ3) is 5.34. The van der Waals surface area contributed by atoms with E-state index in [0.717, 1.165) is 61.3 Å². The van der Waals surface area contributed by atoms with Gasteiger partial charge in [0.2, 0.25) is 12.7 Å². The van der Waals surface area contributed by atoms with E-state index in [0.29, 0.717) is 35.6 Å². The molecule has 0 unspecified atom stereocenters. The maximum absolute atomic E-state index is 13.5. The van der Waals surface area contributed by atoms with E-state index in [-0.39, 0.29) is 18.5 Å². The molecule has 0 bridgehead atoms. The summed E-state index contributed by atoms with van der Waals surface area (Å²) < 4.78 is 29.6. The van der Waals surface area contributed by atoms with Crippen LogP contribution in [0.5, 0.6) is 11.5 Å². The van der Waals surface area contributed by atoms with Crippen LogP contribution in [0.2, 0.25) is 0 Å². The van der Waals surface area contributed by atoms with Crippen LogP contribution in [-0.2, 0) is 4.79 Å². The van der Waals surface area contributed by atoms with Crippen molar-refractivity contribution >= 4 is 23.0 Å². The topological polar surface area (TPSA) is 76.8 Å². The molecular weight excluding hydrogens is 473 g/mol. The van der Waals surface area contributed by atoms with Gasteiger partial charge in [-0.3, -0.25) is 4.79 Å². The van der Waals surface area contributed by atoms with E-state index in [1.165, 1.54) is 25.0 Å². The van der Waals surface area contributed by atoms with Crippen LogP contribution in [0.4, 0.5) is 4.39 Å². The van der Waals surface area contributed by atoms with Gasteiger partial charge >= 0.3 is 0 Å². The van der Waals surface area contributed by atoms with Crippen LogP contribution in [0.1, 0.15) is 49.3 Å². The molecule has 8 heteroatoms. The second-order valence-electron chi connectivity index (χ2n) is 10.4. The van der Waals surface area contributed by atoms with Crippen LogP contribution in [0.25, 0.3) is 17.0 Å². The predicted octanol–water partition coefficient (Wildman–Crippen LogP) is 5.12. The Bertz CT molecular complexity index is 1300. The van der Waals surface area contributed by atoms with Crippen molar-refractivity contribution in [2.45, 2.75) is 38.0 Å². The largest absolute Gasteiger partial charge is 0.454 e. The van der Waals surface area contributed by atoms with Gasteiger partial charge < -0.3 is 24.2 Å². The molecule has 2 aromatic carbocycles. The Labute approximate surface area is 215 Å². The number of hydrogen-bond acceptors (Lipinski definition) is 6. The molecule has 3 aliphatic rings. The summed E-state index contributed by atoms with van der Waals surface area (Å²) in [6.45, 7) is 4.07. The van der Waals surface area contributed by atoms with E-state index in [2.05, 4.69) is 15.4 Å². The predicted molar refractivity (Wildman–Crippen MR) is 138 cm³/mol. The van der Waals surface area contributed by atoms with E-state index in [1.807, 2.05) is 24.3 Å². The summed E-state index contributed by atoms with van der Waals surface area (Å²) >= 11 is 0. The van der Waals surface area contributed by atoms with Gasteiger partial charge in [0, 0.05) is 36.5 Å². The van der Waals surface area contributed by atoms with Crippen molar-refractivity contribution < 1.29 is 23.2 Å². The maximum atomic E-state index is 13.5. The third-order valence-electron chi connectivity index (χ3n) is 8.11. The van der Waals surface area contributed by atoms with Crippen molar-refractivity contribution in [1.29, 1.82) is 0 Å². The molecule has 37 heavy (non-hydrogen) atoms. The summed E-state index contributed by atoms with van der Waals surface area (Å²) in [7, 11) is 0. The second kappa shape index (κ2) is 10.5. The van der Waals surface area contributed by atoms with E-state index in [9.17, 15) is 9.18 Å².